The number of halogens is 3. The maximum atomic E-state index is 13.4. The first kappa shape index (κ1) is 15.8. The highest BCUT2D eigenvalue weighted by atomic mass is 19.2. The summed E-state index contributed by atoms with van der Waals surface area (Å²) < 4.78 is 39.3. The first-order valence-electron chi connectivity index (χ1n) is 5.63. The van der Waals surface area contributed by atoms with E-state index in [2.05, 4.69) is 5.32 Å². The average molecular weight is 291 g/mol. The molecule has 0 radical (unpaired) electrons. The van der Waals surface area contributed by atoms with Gasteiger partial charge in [-0.1, -0.05) is 0 Å². The van der Waals surface area contributed by atoms with Crippen LogP contribution >= 0.6 is 0 Å². The molecule has 1 atom stereocenters. The fourth-order valence-electron chi connectivity index (χ4n) is 1.47. The molecule has 0 aliphatic carbocycles. The molecule has 0 aliphatic heterocycles. The molecule has 0 aliphatic rings. The number of carbonyl (C=O) groups is 2. The Hall–Kier alpha value is -2.25. The van der Waals surface area contributed by atoms with Gasteiger partial charge in [-0.2, -0.15) is 4.39 Å². The summed E-state index contributed by atoms with van der Waals surface area (Å²) in [6.07, 6.45) is -0.134. The summed E-state index contributed by atoms with van der Waals surface area (Å²) in [4.78, 5) is 22.0. The second-order valence-corrected chi connectivity index (χ2v) is 4.19. The van der Waals surface area contributed by atoms with Gasteiger partial charge in [-0.05, 0) is 19.4 Å². The quantitative estimate of drug-likeness (QED) is 0.722. The zero-order valence-electron chi connectivity index (χ0n) is 10.4. The maximum absolute atomic E-state index is 13.4. The molecule has 20 heavy (non-hydrogen) atoms. The van der Waals surface area contributed by atoms with Gasteiger partial charge in [0.1, 0.15) is 0 Å². The second-order valence-electron chi connectivity index (χ2n) is 4.19. The van der Waals surface area contributed by atoms with Crippen LogP contribution in [0.3, 0.4) is 0 Å². The number of amides is 1. The molecule has 1 aromatic rings. The Morgan fingerprint density at radius 1 is 1.30 bits per heavy atom. The van der Waals surface area contributed by atoms with E-state index in [0.717, 1.165) is 0 Å². The molecule has 1 rings (SSSR count). The van der Waals surface area contributed by atoms with Crippen LogP contribution in [0.15, 0.2) is 6.07 Å². The Bertz CT molecular complexity index is 548. The van der Waals surface area contributed by atoms with Crippen LogP contribution in [0.4, 0.5) is 13.2 Å². The molecule has 0 spiro atoms. The summed E-state index contributed by atoms with van der Waals surface area (Å²) in [6.45, 7) is 1.47. The largest absolute Gasteiger partial charge is 0.503 e. The Morgan fingerprint density at radius 3 is 2.45 bits per heavy atom. The van der Waals surface area contributed by atoms with Crippen LogP contribution in [0.25, 0.3) is 0 Å². The lowest BCUT2D eigenvalue weighted by Gasteiger charge is -2.13. The Kier molecular flexibility index (Phi) is 4.95. The van der Waals surface area contributed by atoms with Crippen molar-refractivity contribution in [1.82, 2.24) is 5.32 Å². The Balaban J connectivity index is 2.85. The van der Waals surface area contributed by atoms with Gasteiger partial charge in [-0.15, -0.1) is 0 Å². The number of benzene rings is 1. The van der Waals surface area contributed by atoms with E-state index in [4.69, 9.17) is 10.2 Å². The van der Waals surface area contributed by atoms with Crippen molar-refractivity contribution in [2.75, 3.05) is 0 Å². The number of hydrogen-bond donors (Lipinski definition) is 3. The highest BCUT2D eigenvalue weighted by Gasteiger charge is 2.23. The lowest BCUT2D eigenvalue weighted by atomic mass is 10.1. The maximum Gasteiger partial charge on any atom is 0.303 e. The first-order valence-corrected chi connectivity index (χ1v) is 5.63. The number of hydrogen-bond acceptors (Lipinski definition) is 3. The first-order chi connectivity index (χ1) is 9.23. The average Bonchev–Trinajstić information content (AvgIpc) is 2.38. The SMILES string of the molecule is CC(CCC(=O)O)NC(=O)c1cc(F)c(F)c(O)c1F. The minimum absolute atomic E-state index is 0.0817. The van der Waals surface area contributed by atoms with Gasteiger partial charge in [0.05, 0.1) is 5.56 Å². The van der Waals surface area contributed by atoms with Crippen molar-refractivity contribution in [3.8, 4) is 5.75 Å². The molecule has 110 valence electrons. The van der Waals surface area contributed by atoms with Gasteiger partial charge in [0.25, 0.3) is 5.91 Å². The molecular weight excluding hydrogens is 279 g/mol. The summed E-state index contributed by atoms with van der Waals surface area (Å²) >= 11 is 0. The number of carbonyl (C=O) groups excluding carboxylic acids is 1. The zero-order chi connectivity index (χ0) is 15.4. The number of aliphatic carboxylic acids is 1. The fourth-order valence-corrected chi connectivity index (χ4v) is 1.47. The number of carboxylic acid groups (broad SMARTS) is 1. The minimum Gasteiger partial charge on any atom is -0.503 e. The third kappa shape index (κ3) is 3.62. The summed E-state index contributed by atoms with van der Waals surface area (Å²) in [5.41, 5.74) is -0.858. The molecular formula is C12H12F3NO4. The molecule has 1 aromatic carbocycles. The van der Waals surface area contributed by atoms with Crippen LogP contribution in [-0.4, -0.2) is 28.1 Å². The van der Waals surface area contributed by atoms with Crippen LogP contribution in [0.2, 0.25) is 0 Å². The van der Waals surface area contributed by atoms with Crippen molar-refractivity contribution < 1.29 is 33.0 Å². The Labute approximate surface area is 112 Å². The van der Waals surface area contributed by atoms with Gasteiger partial charge in [0.2, 0.25) is 5.82 Å². The normalized spacial score (nSPS) is 12.0. The number of aromatic hydroxyl groups is 1. The van der Waals surface area contributed by atoms with Crippen molar-refractivity contribution >= 4 is 11.9 Å². The van der Waals surface area contributed by atoms with E-state index in [-0.39, 0.29) is 12.8 Å². The topological polar surface area (TPSA) is 86.6 Å². The highest BCUT2D eigenvalue weighted by molar-refractivity contribution is 5.95. The van der Waals surface area contributed by atoms with Gasteiger partial charge in [-0.3, -0.25) is 9.59 Å². The third-order valence-electron chi connectivity index (χ3n) is 2.55. The van der Waals surface area contributed by atoms with Gasteiger partial charge in [-0.25, -0.2) is 8.78 Å². The molecule has 0 heterocycles. The third-order valence-corrected chi connectivity index (χ3v) is 2.55. The van der Waals surface area contributed by atoms with E-state index in [1.54, 1.807) is 0 Å². The smallest absolute Gasteiger partial charge is 0.303 e. The number of nitrogens with one attached hydrogen (secondary N) is 1. The summed E-state index contributed by atoms with van der Waals surface area (Å²) in [6, 6.07) is -0.294. The van der Waals surface area contributed by atoms with E-state index < -0.39 is 46.7 Å². The van der Waals surface area contributed by atoms with Crippen molar-refractivity contribution in [2.24, 2.45) is 0 Å². The van der Waals surface area contributed by atoms with Crippen LogP contribution in [0.1, 0.15) is 30.1 Å². The van der Waals surface area contributed by atoms with E-state index in [1.807, 2.05) is 0 Å². The molecule has 0 fully saturated rings. The van der Waals surface area contributed by atoms with E-state index in [9.17, 15) is 22.8 Å². The highest BCUT2D eigenvalue weighted by Crippen LogP contribution is 2.25. The van der Waals surface area contributed by atoms with E-state index >= 15 is 0 Å². The van der Waals surface area contributed by atoms with Crippen molar-refractivity contribution in [2.45, 2.75) is 25.8 Å². The minimum atomic E-state index is -1.78. The molecule has 1 unspecified atom stereocenters. The van der Waals surface area contributed by atoms with E-state index in [1.165, 1.54) is 6.92 Å². The number of carboxylic acids is 1. The molecule has 0 bridgehead atoms. The molecule has 0 aromatic heterocycles. The summed E-state index contributed by atoms with van der Waals surface area (Å²) in [5.74, 6) is -8.64. The van der Waals surface area contributed by atoms with E-state index in [0.29, 0.717) is 6.07 Å². The van der Waals surface area contributed by atoms with Gasteiger partial charge in [0, 0.05) is 12.5 Å². The van der Waals surface area contributed by atoms with Gasteiger partial charge in [0.15, 0.2) is 17.4 Å². The van der Waals surface area contributed by atoms with Crippen LogP contribution in [-0.2, 0) is 4.79 Å². The zero-order valence-corrected chi connectivity index (χ0v) is 10.4. The molecule has 1 amide bonds. The molecule has 8 heteroatoms. The van der Waals surface area contributed by atoms with Crippen molar-refractivity contribution in [3.63, 3.8) is 0 Å². The molecule has 5 nitrogen and oxygen atoms in total. The second kappa shape index (κ2) is 6.27. The van der Waals surface area contributed by atoms with Crippen LogP contribution in [0, 0.1) is 17.5 Å². The lowest BCUT2D eigenvalue weighted by molar-refractivity contribution is -0.137. The van der Waals surface area contributed by atoms with Crippen LogP contribution < -0.4 is 5.32 Å². The summed E-state index contributed by atoms with van der Waals surface area (Å²) in [7, 11) is 0. The predicted molar refractivity (Wildman–Crippen MR) is 61.8 cm³/mol. The number of rotatable bonds is 5. The monoisotopic (exact) mass is 291 g/mol. The van der Waals surface area contributed by atoms with Gasteiger partial charge < -0.3 is 15.5 Å². The molecule has 0 saturated carbocycles. The fraction of sp³-hybridized carbons (Fsp3) is 0.333. The number of phenols is 1. The van der Waals surface area contributed by atoms with Crippen LogP contribution in [0.5, 0.6) is 5.75 Å². The lowest BCUT2D eigenvalue weighted by Crippen LogP contribution is -2.33. The molecule has 0 saturated heterocycles. The van der Waals surface area contributed by atoms with Crippen molar-refractivity contribution in [3.05, 3.63) is 29.1 Å². The van der Waals surface area contributed by atoms with Gasteiger partial charge >= 0.3 is 5.97 Å². The van der Waals surface area contributed by atoms with Crippen molar-refractivity contribution in [1.29, 1.82) is 0 Å². The standard InChI is InChI=1S/C12H12F3NO4/c1-5(2-3-8(17)18)16-12(20)6-4-7(13)10(15)11(19)9(6)14/h4-5,19H,2-3H2,1H3,(H,16,20)(H,17,18). The molecule has 3 N–H and O–H groups in total. The number of phenolic OH excluding ortho intramolecular Hbond substituents is 1. The Morgan fingerprint density at radius 2 is 1.90 bits per heavy atom. The predicted octanol–water partition coefficient (Wildman–Crippen LogP) is 1.79. The summed E-state index contributed by atoms with van der Waals surface area (Å²) in [5, 5.41) is 19.7.